The van der Waals surface area contributed by atoms with Crippen molar-refractivity contribution in [2.45, 2.75) is 39.5 Å². The molecule has 0 atom stereocenters. The van der Waals surface area contributed by atoms with Crippen molar-refractivity contribution in [1.82, 2.24) is 4.72 Å². The van der Waals surface area contributed by atoms with Gasteiger partial charge in [0, 0.05) is 12.2 Å². The Kier molecular flexibility index (Phi) is 5.64. The Morgan fingerprint density at radius 2 is 1.95 bits per heavy atom. The number of hydrogen-bond donors (Lipinski definition) is 2. The zero-order chi connectivity index (χ0) is 16.3. The Hall–Kier alpha value is -1.27. The highest BCUT2D eigenvalue weighted by Crippen LogP contribution is 2.28. The topological polar surface area (TPSA) is 81.4 Å². The molecule has 0 bridgehead atoms. The highest BCUT2D eigenvalue weighted by molar-refractivity contribution is 7.89. The molecule has 0 aliphatic carbocycles. The summed E-state index contributed by atoms with van der Waals surface area (Å²) in [5, 5.41) is 0. The predicted molar refractivity (Wildman–Crippen MR) is 85.8 cm³/mol. The summed E-state index contributed by atoms with van der Waals surface area (Å²) in [6.45, 7) is 10.8. The molecule has 0 saturated heterocycles. The van der Waals surface area contributed by atoms with Gasteiger partial charge in [-0.1, -0.05) is 27.7 Å². The van der Waals surface area contributed by atoms with E-state index in [0.717, 1.165) is 0 Å². The van der Waals surface area contributed by atoms with Crippen molar-refractivity contribution in [3.05, 3.63) is 18.2 Å². The Balaban J connectivity index is 3.05. The first-order valence-electron chi connectivity index (χ1n) is 7.12. The zero-order valence-electron chi connectivity index (χ0n) is 13.4. The van der Waals surface area contributed by atoms with Gasteiger partial charge in [-0.05, 0) is 36.5 Å². The van der Waals surface area contributed by atoms with Gasteiger partial charge in [0.25, 0.3) is 0 Å². The van der Waals surface area contributed by atoms with Crippen molar-refractivity contribution in [3.8, 4) is 5.75 Å². The summed E-state index contributed by atoms with van der Waals surface area (Å²) in [7, 11) is -3.66. The van der Waals surface area contributed by atoms with Crippen LogP contribution in [0.15, 0.2) is 23.1 Å². The number of nitrogen functional groups attached to an aromatic ring is 1. The van der Waals surface area contributed by atoms with Gasteiger partial charge >= 0.3 is 0 Å². The van der Waals surface area contributed by atoms with Gasteiger partial charge in [-0.25, -0.2) is 13.1 Å². The lowest BCUT2D eigenvalue weighted by molar-refractivity contribution is 0.252. The highest BCUT2D eigenvalue weighted by atomic mass is 32.2. The first kappa shape index (κ1) is 17.8. The van der Waals surface area contributed by atoms with E-state index in [-0.39, 0.29) is 10.3 Å². The molecular weight excluding hydrogens is 288 g/mol. The number of rotatable bonds is 7. The van der Waals surface area contributed by atoms with E-state index in [4.69, 9.17) is 10.5 Å². The summed E-state index contributed by atoms with van der Waals surface area (Å²) in [5.74, 6) is 0.675. The Bertz CT molecular complexity index is 581. The highest BCUT2D eigenvalue weighted by Gasteiger charge is 2.27. The van der Waals surface area contributed by atoms with Gasteiger partial charge < -0.3 is 10.5 Å². The molecule has 120 valence electrons. The summed E-state index contributed by atoms with van der Waals surface area (Å²) in [6, 6.07) is 4.64. The third kappa shape index (κ3) is 4.61. The Morgan fingerprint density at radius 1 is 1.33 bits per heavy atom. The fourth-order valence-corrected chi connectivity index (χ4v) is 2.97. The molecule has 1 rings (SSSR count). The molecule has 5 nitrogen and oxygen atoms in total. The van der Waals surface area contributed by atoms with Gasteiger partial charge in [-0.2, -0.15) is 0 Å². The van der Waals surface area contributed by atoms with Crippen LogP contribution in [0.5, 0.6) is 5.75 Å². The summed E-state index contributed by atoms with van der Waals surface area (Å²) in [6.07, 6.45) is 0. The smallest absolute Gasteiger partial charge is 0.244 e. The number of hydrogen-bond acceptors (Lipinski definition) is 4. The molecule has 0 fully saturated rings. The van der Waals surface area contributed by atoms with Crippen molar-refractivity contribution in [3.63, 3.8) is 0 Å². The molecule has 0 aromatic heterocycles. The van der Waals surface area contributed by atoms with Crippen LogP contribution < -0.4 is 15.2 Å². The van der Waals surface area contributed by atoms with Gasteiger partial charge in [0.05, 0.1) is 6.61 Å². The molecule has 6 heteroatoms. The third-order valence-corrected chi connectivity index (χ3v) is 5.26. The molecule has 0 aliphatic rings. The van der Waals surface area contributed by atoms with Crippen LogP contribution in [0, 0.1) is 11.3 Å². The number of ether oxygens (including phenoxy) is 1. The molecule has 1 aromatic carbocycles. The number of nitrogens with two attached hydrogens (primary N) is 1. The molecule has 0 unspecified atom stereocenters. The third-order valence-electron chi connectivity index (χ3n) is 3.84. The Labute approximate surface area is 127 Å². The van der Waals surface area contributed by atoms with Crippen LogP contribution >= 0.6 is 0 Å². The van der Waals surface area contributed by atoms with Crippen molar-refractivity contribution in [2.75, 3.05) is 18.9 Å². The van der Waals surface area contributed by atoms with E-state index in [9.17, 15) is 8.42 Å². The molecule has 0 aliphatic heterocycles. The number of benzene rings is 1. The van der Waals surface area contributed by atoms with Gasteiger partial charge in [0.15, 0.2) is 0 Å². The lowest BCUT2D eigenvalue weighted by Gasteiger charge is -2.29. The van der Waals surface area contributed by atoms with E-state index in [1.54, 1.807) is 12.1 Å². The lowest BCUT2D eigenvalue weighted by atomic mass is 9.81. The minimum absolute atomic E-state index is 0.0870. The van der Waals surface area contributed by atoms with E-state index in [1.165, 1.54) is 6.07 Å². The molecule has 0 saturated carbocycles. The molecule has 0 amide bonds. The van der Waals surface area contributed by atoms with Crippen LogP contribution in [0.4, 0.5) is 5.69 Å². The SMILES string of the molecule is CCOc1ccc(N)cc1S(=O)(=O)NCC(C)(C)C(C)C. The van der Waals surface area contributed by atoms with E-state index in [1.807, 2.05) is 20.8 Å². The molecule has 21 heavy (non-hydrogen) atoms. The van der Waals surface area contributed by atoms with Crippen molar-refractivity contribution in [1.29, 1.82) is 0 Å². The largest absolute Gasteiger partial charge is 0.492 e. The second-order valence-corrected chi connectivity index (χ2v) is 7.84. The lowest BCUT2D eigenvalue weighted by Crippen LogP contribution is -2.37. The average molecular weight is 314 g/mol. The van der Waals surface area contributed by atoms with E-state index < -0.39 is 10.0 Å². The second-order valence-electron chi connectivity index (χ2n) is 6.11. The minimum atomic E-state index is -3.66. The normalized spacial score (nSPS) is 12.7. The van der Waals surface area contributed by atoms with Gasteiger partial charge in [-0.15, -0.1) is 0 Å². The number of anilines is 1. The van der Waals surface area contributed by atoms with Crippen LogP contribution in [0.2, 0.25) is 0 Å². The summed E-state index contributed by atoms with van der Waals surface area (Å²) >= 11 is 0. The van der Waals surface area contributed by atoms with Crippen LogP contribution in [0.1, 0.15) is 34.6 Å². The first-order valence-corrected chi connectivity index (χ1v) is 8.60. The fraction of sp³-hybridized carbons (Fsp3) is 0.600. The average Bonchev–Trinajstić information content (AvgIpc) is 2.39. The summed E-state index contributed by atoms with van der Waals surface area (Å²) < 4.78 is 33.0. The maximum absolute atomic E-state index is 12.5. The Morgan fingerprint density at radius 3 is 2.48 bits per heavy atom. The zero-order valence-corrected chi connectivity index (χ0v) is 14.3. The van der Waals surface area contributed by atoms with Crippen LogP contribution in [-0.2, 0) is 10.0 Å². The van der Waals surface area contributed by atoms with Crippen LogP contribution in [0.25, 0.3) is 0 Å². The van der Waals surface area contributed by atoms with Crippen LogP contribution in [0.3, 0.4) is 0 Å². The van der Waals surface area contributed by atoms with Gasteiger partial charge in [0.1, 0.15) is 10.6 Å². The number of sulfonamides is 1. The van der Waals surface area contributed by atoms with Crippen LogP contribution in [-0.4, -0.2) is 21.6 Å². The fourth-order valence-electron chi connectivity index (χ4n) is 1.57. The van der Waals surface area contributed by atoms with Crippen molar-refractivity contribution in [2.24, 2.45) is 11.3 Å². The van der Waals surface area contributed by atoms with Crippen molar-refractivity contribution < 1.29 is 13.2 Å². The standard InChI is InChI=1S/C15H26N2O3S/c1-6-20-13-8-7-12(16)9-14(13)21(18,19)17-10-15(4,5)11(2)3/h7-9,11,17H,6,10,16H2,1-5H3. The quantitative estimate of drug-likeness (QED) is 0.758. The van der Waals surface area contributed by atoms with Gasteiger partial charge in [-0.3, -0.25) is 0 Å². The molecule has 0 heterocycles. The molecular formula is C15H26N2O3S. The van der Waals surface area contributed by atoms with E-state index >= 15 is 0 Å². The summed E-state index contributed by atoms with van der Waals surface area (Å²) in [5.41, 5.74) is 5.95. The van der Waals surface area contributed by atoms with E-state index in [2.05, 4.69) is 18.6 Å². The molecule has 0 radical (unpaired) electrons. The van der Waals surface area contributed by atoms with Crippen molar-refractivity contribution >= 4 is 15.7 Å². The van der Waals surface area contributed by atoms with E-state index in [0.29, 0.717) is 30.5 Å². The maximum Gasteiger partial charge on any atom is 0.244 e. The summed E-state index contributed by atoms with van der Waals surface area (Å²) in [4.78, 5) is 0.0870. The number of nitrogens with one attached hydrogen (secondary N) is 1. The maximum atomic E-state index is 12.5. The first-order chi connectivity index (χ1) is 9.60. The second kappa shape index (κ2) is 6.66. The molecule has 3 N–H and O–H groups in total. The monoisotopic (exact) mass is 314 g/mol. The minimum Gasteiger partial charge on any atom is -0.492 e. The predicted octanol–water partition coefficient (Wildman–Crippen LogP) is 2.63. The van der Waals surface area contributed by atoms with Gasteiger partial charge in [0.2, 0.25) is 10.0 Å². The molecule has 0 spiro atoms. The molecule has 1 aromatic rings.